The summed E-state index contributed by atoms with van der Waals surface area (Å²) < 4.78 is 10.2. The molecule has 0 atom stereocenters. The van der Waals surface area contributed by atoms with Crippen molar-refractivity contribution in [1.82, 2.24) is 5.32 Å². The number of amides is 1. The summed E-state index contributed by atoms with van der Waals surface area (Å²) >= 11 is 0. The second kappa shape index (κ2) is 9.42. The van der Waals surface area contributed by atoms with Crippen molar-refractivity contribution >= 4 is 12.0 Å². The number of nitrogens with zero attached hydrogens (tertiary/aromatic N) is 1. The smallest absolute Gasteiger partial charge is 0.261 e. The molecule has 0 aliphatic carbocycles. The zero-order valence-electron chi connectivity index (χ0n) is 12.8. The fourth-order valence-electron chi connectivity index (χ4n) is 1.72. The van der Waals surface area contributed by atoms with Gasteiger partial charge in [-0.3, -0.25) is 4.79 Å². The summed E-state index contributed by atoms with van der Waals surface area (Å²) in [5, 5.41) is 21.4. The second-order valence-corrected chi connectivity index (χ2v) is 4.43. The number of aromatic hydroxyl groups is 1. The summed E-state index contributed by atoms with van der Waals surface area (Å²) in [7, 11) is 1.59. The van der Waals surface area contributed by atoms with Crippen molar-refractivity contribution in [2.75, 3.05) is 26.9 Å². The fraction of sp³-hybridized carbons (Fsp3) is 0.375. The van der Waals surface area contributed by atoms with Crippen molar-refractivity contribution in [1.29, 1.82) is 5.26 Å². The highest BCUT2D eigenvalue weighted by atomic mass is 16.5. The molecule has 1 rings (SSSR count). The van der Waals surface area contributed by atoms with Gasteiger partial charge >= 0.3 is 0 Å². The van der Waals surface area contributed by atoms with Crippen LogP contribution in [0, 0.1) is 11.3 Å². The van der Waals surface area contributed by atoms with Crippen LogP contribution in [0.2, 0.25) is 0 Å². The Kier molecular flexibility index (Phi) is 7.51. The summed E-state index contributed by atoms with van der Waals surface area (Å²) in [6, 6.07) is 6.51. The minimum Gasteiger partial charge on any atom is -0.504 e. The van der Waals surface area contributed by atoms with Crippen LogP contribution in [-0.4, -0.2) is 37.9 Å². The highest BCUT2D eigenvalue weighted by Gasteiger charge is 2.09. The zero-order chi connectivity index (χ0) is 16.4. The first-order valence-electron chi connectivity index (χ1n) is 6.97. The molecule has 0 aromatic heterocycles. The highest BCUT2D eigenvalue weighted by molar-refractivity contribution is 6.01. The lowest BCUT2D eigenvalue weighted by Gasteiger charge is -2.07. The molecule has 2 N–H and O–H groups in total. The lowest BCUT2D eigenvalue weighted by molar-refractivity contribution is -0.117. The third kappa shape index (κ3) is 5.46. The summed E-state index contributed by atoms with van der Waals surface area (Å²) in [5.41, 5.74) is 0.593. The van der Waals surface area contributed by atoms with E-state index in [-0.39, 0.29) is 11.3 Å². The lowest BCUT2D eigenvalue weighted by atomic mass is 10.1. The van der Waals surface area contributed by atoms with Gasteiger partial charge in [0.15, 0.2) is 11.5 Å². The van der Waals surface area contributed by atoms with Gasteiger partial charge in [0.25, 0.3) is 5.91 Å². The zero-order valence-corrected chi connectivity index (χ0v) is 12.8. The molecule has 6 heteroatoms. The molecule has 0 aliphatic rings. The molecule has 0 saturated heterocycles. The molecule has 6 nitrogen and oxygen atoms in total. The van der Waals surface area contributed by atoms with Gasteiger partial charge in [-0.2, -0.15) is 5.26 Å². The maximum Gasteiger partial charge on any atom is 0.261 e. The summed E-state index contributed by atoms with van der Waals surface area (Å²) in [5.74, 6) is -0.111. The fourth-order valence-corrected chi connectivity index (χ4v) is 1.72. The Morgan fingerprint density at radius 3 is 2.91 bits per heavy atom. The number of benzene rings is 1. The third-order valence-electron chi connectivity index (χ3n) is 2.77. The number of ether oxygens (including phenoxy) is 2. The van der Waals surface area contributed by atoms with Gasteiger partial charge in [-0.05, 0) is 37.1 Å². The number of phenols is 1. The molecular weight excluding hydrogens is 284 g/mol. The Balaban J connectivity index is 2.81. The standard InChI is InChI=1S/C16H20N2O4/c1-3-22-15-10-12(5-6-14(15)19)9-13(11-17)16(20)18-7-4-8-21-2/h5-6,9-10,19H,3-4,7-8H2,1-2H3,(H,18,20). The number of hydrogen-bond donors (Lipinski definition) is 2. The van der Waals surface area contributed by atoms with E-state index in [4.69, 9.17) is 14.7 Å². The van der Waals surface area contributed by atoms with Gasteiger partial charge in [0.05, 0.1) is 6.61 Å². The van der Waals surface area contributed by atoms with Crippen molar-refractivity contribution < 1.29 is 19.4 Å². The highest BCUT2D eigenvalue weighted by Crippen LogP contribution is 2.27. The van der Waals surface area contributed by atoms with Crippen LogP contribution in [0.4, 0.5) is 0 Å². The van der Waals surface area contributed by atoms with Gasteiger partial charge in [-0.1, -0.05) is 6.07 Å². The number of nitriles is 1. The molecule has 0 fully saturated rings. The number of phenolic OH excluding ortho intramolecular Hbond substituents is 1. The number of carbonyl (C=O) groups excluding carboxylic acids is 1. The molecule has 0 radical (unpaired) electrons. The van der Waals surface area contributed by atoms with E-state index in [1.165, 1.54) is 12.1 Å². The summed E-state index contributed by atoms with van der Waals surface area (Å²) in [6.07, 6.45) is 2.13. The van der Waals surface area contributed by atoms with Crippen LogP contribution in [0.3, 0.4) is 0 Å². The largest absolute Gasteiger partial charge is 0.504 e. The lowest BCUT2D eigenvalue weighted by Crippen LogP contribution is -2.26. The third-order valence-corrected chi connectivity index (χ3v) is 2.77. The number of hydrogen-bond acceptors (Lipinski definition) is 5. The minimum atomic E-state index is -0.440. The molecular formula is C16H20N2O4. The van der Waals surface area contributed by atoms with Gasteiger partial charge < -0.3 is 19.9 Å². The van der Waals surface area contributed by atoms with Crippen molar-refractivity contribution in [2.24, 2.45) is 0 Å². The Morgan fingerprint density at radius 1 is 1.50 bits per heavy atom. The number of carbonyl (C=O) groups is 1. The quantitative estimate of drug-likeness (QED) is 0.434. The molecule has 0 unspecified atom stereocenters. The van der Waals surface area contributed by atoms with Crippen LogP contribution in [0.5, 0.6) is 11.5 Å². The van der Waals surface area contributed by atoms with E-state index in [0.29, 0.717) is 37.5 Å². The first kappa shape index (κ1) is 17.5. The Labute approximate surface area is 130 Å². The second-order valence-electron chi connectivity index (χ2n) is 4.43. The predicted octanol–water partition coefficient (Wildman–Crippen LogP) is 1.85. The van der Waals surface area contributed by atoms with Gasteiger partial charge in [0.1, 0.15) is 11.6 Å². The van der Waals surface area contributed by atoms with Gasteiger partial charge in [-0.25, -0.2) is 0 Å². The Bertz CT molecular complexity index is 576. The molecule has 0 spiro atoms. The summed E-state index contributed by atoms with van der Waals surface area (Å²) in [4.78, 5) is 11.9. The van der Waals surface area contributed by atoms with Crippen LogP contribution >= 0.6 is 0 Å². The maximum atomic E-state index is 11.9. The molecule has 1 amide bonds. The van der Waals surface area contributed by atoms with E-state index in [1.807, 2.05) is 6.07 Å². The van der Waals surface area contributed by atoms with E-state index in [9.17, 15) is 9.90 Å². The number of nitrogens with one attached hydrogen (secondary N) is 1. The molecule has 0 saturated carbocycles. The van der Waals surface area contributed by atoms with Crippen molar-refractivity contribution in [3.63, 3.8) is 0 Å². The van der Waals surface area contributed by atoms with Crippen molar-refractivity contribution in [3.8, 4) is 17.6 Å². The molecule has 22 heavy (non-hydrogen) atoms. The topological polar surface area (TPSA) is 91.6 Å². The van der Waals surface area contributed by atoms with Crippen LogP contribution in [0.1, 0.15) is 18.9 Å². The average molecular weight is 304 g/mol. The molecule has 118 valence electrons. The van der Waals surface area contributed by atoms with Crippen molar-refractivity contribution in [2.45, 2.75) is 13.3 Å². The average Bonchev–Trinajstić information content (AvgIpc) is 2.52. The Hall–Kier alpha value is -2.52. The van der Waals surface area contributed by atoms with E-state index >= 15 is 0 Å². The van der Waals surface area contributed by atoms with Gasteiger partial charge in [-0.15, -0.1) is 0 Å². The van der Waals surface area contributed by atoms with Crippen LogP contribution in [0.25, 0.3) is 6.08 Å². The number of rotatable bonds is 8. The van der Waals surface area contributed by atoms with Crippen LogP contribution in [-0.2, 0) is 9.53 Å². The first-order valence-corrected chi connectivity index (χ1v) is 6.97. The summed E-state index contributed by atoms with van der Waals surface area (Å²) in [6.45, 7) is 3.19. The van der Waals surface area contributed by atoms with Gasteiger partial charge in [0.2, 0.25) is 0 Å². The van der Waals surface area contributed by atoms with E-state index < -0.39 is 5.91 Å². The van der Waals surface area contributed by atoms with E-state index in [2.05, 4.69) is 5.32 Å². The monoisotopic (exact) mass is 304 g/mol. The van der Waals surface area contributed by atoms with Crippen molar-refractivity contribution in [3.05, 3.63) is 29.3 Å². The van der Waals surface area contributed by atoms with Crippen LogP contribution < -0.4 is 10.1 Å². The maximum absolute atomic E-state index is 11.9. The predicted molar refractivity (Wildman–Crippen MR) is 82.4 cm³/mol. The van der Waals surface area contributed by atoms with Crippen LogP contribution in [0.15, 0.2) is 23.8 Å². The molecule has 0 aliphatic heterocycles. The molecule has 1 aromatic carbocycles. The van der Waals surface area contributed by atoms with E-state index in [1.54, 1.807) is 26.2 Å². The minimum absolute atomic E-state index is 0.00875. The molecule has 0 bridgehead atoms. The van der Waals surface area contributed by atoms with Gasteiger partial charge in [0, 0.05) is 20.3 Å². The molecule has 0 heterocycles. The Morgan fingerprint density at radius 2 is 2.27 bits per heavy atom. The number of methoxy groups -OCH3 is 1. The van der Waals surface area contributed by atoms with E-state index in [0.717, 1.165) is 0 Å². The SMILES string of the molecule is CCOc1cc(C=C(C#N)C(=O)NCCCOC)ccc1O. The normalized spacial score (nSPS) is 10.9. The first-order chi connectivity index (χ1) is 10.6. The molecule has 1 aromatic rings.